The van der Waals surface area contributed by atoms with E-state index in [2.05, 4.69) is 21.2 Å². The summed E-state index contributed by atoms with van der Waals surface area (Å²) in [5.74, 6) is 0. The topological polar surface area (TPSA) is 47.3 Å². The number of alkyl halides is 3. The summed E-state index contributed by atoms with van der Waals surface area (Å²) in [5.41, 5.74) is 7.30. The second-order valence-corrected chi connectivity index (χ2v) is 8.21. The normalized spacial score (nSPS) is 13.2. The van der Waals surface area contributed by atoms with Crippen molar-refractivity contribution in [3.05, 3.63) is 51.5 Å². The molecule has 0 aromatic heterocycles. The van der Waals surface area contributed by atoms with E-state index in [-0.39, 0.29) is 0 Å². The lowest BCUT2D eigenvalue weighted by atomic mass is 10.00. The Morgan fingerprint density at radius 2 is 1.96 bits per heavy atom. The fraction of sp³-hybridized carbons (Fsp3) is 0.368. The predicted octanol–water partition coefficient (Wildman–Crippen LogP) is 5.30. The molecule has 1 aliphatic rings. The van der Waals surface area contributed by atoms with Crippen molar-refractivity contribution in [2.75, 3.05) is 31.6 Å². The van der Waals surface area contributed by atoms with Crippen LogP contribution >= 0.6 is 27.7 Å². The summed E-state index contributed by atoms with van der Waals surface area (Å²) < 4.78 is 46.3. The van der Waals surface area contributed by atoms with Crippen LogP contribution in [0.2, 0.25) is 0 Å². The minimum Gasteiger partial charge on any atom is -0.385 e. The van der Waals surface area contributed by atoms with E-state index in [4.69, 9.17) is 10.5 Å². The number of anilines is 1. The number of ether oxygens (including phenoxy) is 1. The Hall–Kier alpha value is -1.22. The lowest BCUT2D eigenvalue weighted by molar-refractivity contribution is -0.137. The summed E-state index contributed by atoms with van der Waals surface area (Å²) in [6.07, 6.45) is -3.08. The van der Waals surface area contributed by atoms with E-state index in [1.165, 1.54) is 23.9 Å². The molecule has 8 heteroatoms. The van der Waals surface area contributed by atoms with E-state index in [9.17, 15) is 13.2 Å². The Morgan fingerprint density at radius 3 is 2.70 bits per heavy atom. The molecular formula is C19H20BrF3N2OS. The van der Waals surface area contributed by atoms with Gasteiger partial charge in [-0.05, 0) is 41.8 Å². The van der Waals surface area contributed by atoms with Crippen LogP contribution in [0.1, 0.15) is 23.1 Å². The molecule has 3 N–H and O–H groups in total. The molecule has 0 fully saturated rings. The van der Waals surface area contributed by atoms with Crippen LogP contribution < -0.4 is 11.1 Å². The molecule has 1 aliphatic heterocycles. The van der Waals surface area contributed by atoms with Crippen molar-refractivity contribution in [2.45, 2.75) is 28.8 Å². The number of hydrogen-bond donors (Lipinski definition) is 2. The Morgan fingerprint density at radius 1 is 1.15 bits per heavy atom. The van der Waals surface area contributed by atoms with Gasteiger partial charge in [0.15, 0.2) is 0 Å². The molecule has 3 rings (SSSR count). The zero-order valence-corrected chi connectivity index (χ0v) is 16.9. The van der Waals surface area contributed by atoms with Crippen molar-refractivity contribution in [1.82, 2.24) is 0 Å². The predicted molar refractivity (Wildman–Crippen MR) is 105 cm³/mol. The molecule has 146 valence electrons. The van der Waals surface area contributed by atoms with Gasteiger partial charge in [0, 0.05) is 46.1 Å². The number of nitrogens with one attached hydrogen (secondary N) is 1. The van der Waals surface area contributed by atoms with Crippen molar-refractivity contribution >= 4 is 33.4 Å². The molecule has 27 heavy (non-hydrogen) atoms. The van der Waals surface area contributed by atoms with E-state index in [0.29, 0.717) is 49.7 Å². The highest BCUT2D eigenvalue weighted by Gasteiger charge is 2.33. The van der Waals surface area contributed by atoms with E-state index in [1.807, 2.05) is 18.2 Å². The summed E-state index contributed by atoms with van der Waals surface area (Å²) >= 11 is 4.81. The molecule has 0 bridgehead atoms. The average molecular weight is 461 g/mol. The van der Waals surface area contributed by atoms with Gasteiger partial charge in [0.2, 0.25) is 0 Å². The summed E-state index contributed by atoms with van der Waals surface area (Å²) in [6.45, 7) is 2.01. The fourth-order valence-electron chi connectivity index (χ4n) is 2.90. The first kappa shape index (κ1) is 20.5. The third kappa shape index (κ3) is 5.19. The smallest absolute Gasteiger partial charge is 0.385 e. The van der Waals surface area contributed by atoms with Gasteiger partial charge in [0.05, 0.1) is 12.2 Å². The van der Waals surface area contributed by atoms with Crippen LogP contribution in [0.3, 0.4) is 0 Å². The monoisotopic (exact) mass is 460 g/mol. The SMILES string of the molecule is NCCOCCCNc1cc(C(F)(F)F)cc2c1Cc1ccc(Br)cc1S2. The molecule has 0 aliphatic carbocycles. The maximum absolute atomic E-state index is 13.3. The number of rotatable bonds is 7. The van der Waals surface area contributed by atoms with Crippen LogP contribution in [0, 0.1) is 0 Å². The Labute approximate surface area is 169 Å². The van der Waals surface area contributed by atoms with Gasteiger partial charge in [-0.15, -0.1) is 0 Å². The van der Waals surface area contributed by atoms with Crippen molar-refractivity contribution in [1.29, 1.82) is 0 Å². The number of halogens is 4. The maximum atomic E-state index is 13.3. The number of nitrogens with two attached hydrogens (primary N) is 1. The van der Waals surface area contributed by atoms with Crippen molar-refractivity contribution in [3.8, 4) is 0 Å². The second-order valence-electron chi connectivity index (χ2n) is 6.21. The zero-order chi connectivity index (χ0) is 19.4. The number of fused-ring (bicyclic) bond motifs is 2. The minimum atomic E-state index is -4.38. The molecule has 0 atom stereocenters. The largest absolute Gasteiger partial charge is 0.416 e. The molecule has 0 spiro atoms. The minimum absolute atomic E-state index is 0.460. The van der Waals surface area contributed by atoms with E-state index in [1.54, 1.807) is 0 Å². The molecule has 3 nitrogen and oxygen atoms in total. The maximum Gasteiger partial charge on any atom is 0.416 e. The van der Waals surface area contributed by atoms with Gasteiger partial charge >= 0.3 is 6.18 Å². The third-order valence-corrected chi connectivity index (χ3v) is 5.87. The van der Waals surface area contributed by atoms with Crippen LogP contribution in [-0.4, -0.2) is 26.3 Å². The molecule has 2 aromatic carbocycles. The first-order valence-electron chi connectivity index (χ1n) is 8.60. The van der Waals surface area contributed by atoms with Crippen LogP contribution in [0.15, 0.2) is 44.6 Å². The molecule has 0 saturated heterocycles. The average Bonchev–Trinajstić information content (AvgIpc) is 2.61. The standard InChI is InChI=1S/C19H20BrF3N2OS/c20-14-3-2-12-8-15-16(25-5-1-6-26-7-4-24)9-13(19(21,22)23)10-18(15)27-17(12)11-14/h2-3,9-11,25H,1,4-8,24H2. The first-order chi connectivity index (χ1) is 12.9. The molecular weight excluding hydrogens is 441 g/mol. The van der Waals surface area contributed by atoms with E-state index in [0.717, 1.165) is 20.5 Å². The van der Waals surface area contributed by atoms with Crippen molar-refractivity contribution in [3.63, 3.8) is 0 Å². The highest BCUT2D eigenvalue weighted by Crippen LogP contribution is 2.46. The van der Waals surface area contributed by atoms with Crippen molar-refractivity contribution in [2.24, 2.45) is 5.73 Å². The molecule has 0 saturated carbocycles. The summed E-state index contributed by atoms with van der Waals surface area (Å²) in [4.78, 5) is 1.63. The summed E-state index contributed by atoms with van der Waals surface area (Å²) in [7, 11) is 0. The first-order valence-corrected chi connectivity index (χ1v) is 10.2. The molecule has 0 amide bonds. The Bertz CT molecular complexity index is 814. The third-order valence-electron chi connectivity index (χ3n) is 4.20. The van der Waals surface area contributed by atoms with Gasteiger partial charge in [0.25, 0.3) is 0 Å². The van der Waals surface area contributed by atoms with Crippen LogP contribution in [-0.2, 0) is 17.3 Å². The quantitative estimate of drug-likeness (QED) is 0.469. The lowest BCUT2D eigenvalue weighted by Gasteiger charge is -2.24. The van der Waals surface area contributed by atoms with Gasteiger partial charge in [-0.1, -0.05) is 33.8 Å². The van der Waals surface area contributed by atoms with Gasteiger partial charge in [-0.25, -0.2) is 0 Å². The molecule has 0 unspecified atom stereocenters. The van der Waals surface area contributed by atoms with Gasteiger partial charge < -0.3 is 15.8 Å². The molecule has 1 heterocycles. The van der Waals surface area contributed by atoms with Gasteiger partial charge in [-0.3, -0.25) is 0 Å². The van der Waals surface area contributed by atoms with Gasteiger partial charge in [0.1, 0.15) is 0 Å². The number of hydrogen-bond acceptors (Lipinski definition) is 4. The van der Waals surface area contributed by atoms with Crippen molar-refractivity contribution < 1.29 is 17.9 Å². The highest BCUT2D eigenvalue weighted by atomic mass is 79.9. The zero-order valence-electron chi connectivity index (χ0n) is 14.5. The highest BCUT2D eigenvalue weighted by molar-refractivity contribution is 9.10. The van der Waals surface area contributed by atoms with Crippen LogP contribution in [0.4, 0.5) is 18.9 Å². The molecule has 0 radical (unpaired) electrons. The number of benzene rings is 2. The lowest BCUT2D eigenvalue weighted by Crippen LogP contribution is -2.14. The summed E-state index contributed by atoms with van der Waals surface area (Å²) in [5, 5.41) is 3.17. The van der Waals surface area contributed by atoms with E-state index < -0.39 is 11.7 Å². The second kappa shape index (κ2) is 8.86. The van der Waals surface area contributed by atoms with Crippen LogP contribution in [0.5, 0.6) is 0 Å². The van der Waals surface area contributed by atoms with E-state index >= 15 is 0 Å². The molecule has 2 aromatic rings. The summed E-state index contributed by atoms with van der Waals surface area (Å²) in [6, 6.07) is 8.38. The van der Waals surface area contributed by atoms with Gasteiger partial charge in [-0.2, -0.15) is 13.2 Å². The Kier molecular flexibility index (Phi) is 6.73. The fourth-order valence-corrected chi connectivity index (χ4v) is 4.60. The van der Waals surface area contributed by atoms with Crippen LogP contribution in [0.25, 0.3) is 0 Å². The Balaban J connectivity index is 1.83.